The molecule has 0 amide bonds. The Morgan fingerprint density at radius 2 is 0.468 bits per heavy atom. The normalized spacial score (nSPS) is 14.0. The molecule has 0 aliphatic heterocycles. The smallest absolute Gasteiger partial charge is 0.462 e. The first-order valence-electron chi connectivity index (χ1n) is 46.5. The predicted molar refractivity (Wildman–Crippen MR) is 451 cm³/mol. The van der Waals surface area contributed by atoms with E-state index in [1.54, 1.807) is 0 Å². The van der Waals surface area contributed by atoms with Crippen molar-refractivity contribution in [2.45, 2.75) is 503 Å². The van der Waals surface area contributed by atoms with Gasteiger partial charge in [0.25, 0.3) is 0 Å². The van der Waals surface area contributed by atoms with E-state index in [4.69, 9.17) is 37.0 Å². The van der Waals surface area contributed by atoms with Crippen LogP contribution in [0.5, 0.6) is 0 Å². The molecular weight excluding hydrogens is 1410 g/mol. The van der Waals surface area contributed by atoms with E-state index in [-0.39, 0.29) is 25.7 Å². The molecule has 17 nitrogen and oxygen atoms in total. The zero-order valence-corrected chi connectivity index (χ0v) is 73.7. The molecule has 0 aliphatic carbocycles. The number of aliphatic hydroxyl groups excluding tert-OH is 1. The summed E-state index contributed by atoms with van der Waals surface area (Å²) in [4.78, 5) is 73.3. The highest BCUT2D eigenvalue weighted by Crippen LogP contribution is 2.45. The van der Waals surface area contributed by atoms with Crippen LogP contribution in [0.15, 0.2) is 0 Å². The average Bonchev–Trinajstić information content (AvgIpc) is 0.903. The van der Waals surface area contributed by atoms with Crippen LogP contribution in [-0.4, -0.2) is 96.7 Å². The molecule has 3 unspecified atom stereocenters. The molecule has 0 aromatic rings. The quantitative estimate of drug-likeness (QED) is 0.0222. The molecule has 0 heterocycles. The van der Waals surface area contributed by atoms with Crippen molar-refractivity contribution in [1.29, 1.82) is 0 Å². The number of phosphoric acid groups is 2. The molecule has 0 aromatic heterocycles. The third-order valence-electron chi connectivity index (χ3n) is 21.6. The van der Waals surface area contributed by atoms with Crippen molar-refractivity contribution in [2.75, 3.05) is 39.6 Å². The first-order chi connectivity index (χ1) is 52.9. The van der Waals surface area contributed by atoms with E-state index < -0.39 is 97.5 Å². The molecule has 648 valence electrons. The summed E-state index contributed by atoms with van der Waals surface area (Å²) in [5.41, 5.74) is 0. The molecule has 3 N–H and O–H groups in total. The molecule has 0 bridgehead atoms. The highest BCUT2D eigenvalue weighted by Gasteiger charge is 2.31. The van der Waals surface area contributed by atoms with Crippen LogP contribution in [0.1, 0.15) is 485 Å². The van der Waals surface area contributed by atoms with E-state index in [1.165, 1.54) is 295 Å². The summed E-state index contributed by atoms with van der Waals surface area (Å²) in [5, 5.41) is 10.7. The van der Waals surface area contributed by atoms with E-state index in [2.05, 4.69) is 41.5 Å². The minimum atomic E-state index is -4.97. The number of carbonyl (C=O) groups excluding carboxylic acids is 4. The van der Waals surface area contributed by atoms with Gasteiger partial charge in [0.05, 0.1) is 26.4 Å². The third kappa shape index (κ3) is 82.4. The summed E-state index contributed by atoms with van der Waals surface area (Å²) in [7, 11) is -9.93. The van der Waals surface area contributed by atoms with Crippen molar-refractivity contribution in [3.8, 4) is 0 Å². The van der Waals surface area contributed by atoms with Crippen LogP contribution in [0.4, 0.5) is 0 Å². The van der Waals surface area contributed by atoms with Crippen LogP contribution in [0.25, 0.3) is 0 Å². The summed E-state index contributed by atoms with van der Waals surface area (Å²) in [6, 6.07) is 0. The number of phosphoric ester groups is 2. The van der Waals surface area contributed by atoms with Crippen LogP contribution in [-0.2, 0) is 65.4 Å². The number of esters is 4. The molecule has 0 saturated carbocycles. The van der Waals surface area contributed by atoms with Crippen LogP contribution >= 0.6 is 15.6 Å². The Hall–Kier alpha value is -1.94. The number of rotatable bonds is 89. The van der Waals surface area contributed by atoms with Crippen molar-refractivity contribution in [1.82, 2.24) is 0 Å². The minimum Gasteiger partial charge on any atom is -0.462 e. The number of unbranched alkanes of at least 4 members (excludes halogenated alkanes) is 58. The Bertz CT molecular complexity index is 2080. The lowest BCUT2D eigenvalue weighted by molar-refractivity contribution is -0.161. The number of carbonyl (C=O) groups is 4. The monoisotopic (exact) mass is 1590 g/mol. The van der Waals surface area contributed by atoms with Gasteiger partial charge in [-0.15, -0.1) is 0 Å². The van der Waals surface area contributed by atoms with Gasteiger partial charge in [-0.25, -0.2) is 9.13 Å². The number of ether oxygens (including phenoxy) is 4. The van der Waals surface area contributed by atoms with Crippen LogP contribution in [0.3, 0.4) is 0 Å². The molecule has 0 saturated heterocycles. The molecule has 0 rings (SSSR count). The van der Waals surface area contributed by atoms with E-state index in [0.29, 0.717) is 31.6 Å². The topological polar surface area (TPSA) is 237 Å². The molecule has 6 atom stereocenters. The Morgan fingerprint density at radius 1 is 0.266 bits per heavy atom. The van der Waals surface area contributed by atoms with Crippen LogP contribution in [0, 0.1) is 11.8 Å². The minimum absolute atomic E-state index is 0.108. The van der Waals surface area contributed by atoms with E-state index in [0.717, 1.165) is 102 Å². The molecule has 0 aromatic carbocycles. The second-order valence-corrected chi connectivity index (χ2v) is 36.0. The zero-order valence-electron chi connectivity index (χ0n) is 71.9. The van der Waals surface area contributed by atoms with Gasteiger partial charge in [0.2, 0.25) is 0 Å². The predicted octanol–water partition coefficient (Wildman–Crippen LogP) is 27.8. The van der Waals surface area contributed by atoms with Crippen LogP contribution in [0.2, 0.25) is 0 Å². The van der Waals surface area contributed by atoms with Gasteiger partial charge in [0, 0.05) is 25.7 Å². The first-order valence-corrected chi connectivity index (χ1v) is 49.5. The summed E-state index contributed by atoms with van der Waals surface area (Å²) in [6.07, 6.45) is 75.2. The van der Waals surface area contributed by atoms with Gasteiger partial charge in [-0.2, -0.15) is 0 Å². The van der Waals surface area contributed by atoms with Crippen molar-refractivity contribution in [3.05, 3.63) is 0 Å². The van der Waals surface area contributed by atoms with E-state index in [1.807, 2.05) is 0 Å². The Morgan fingerprint density at radius 3 is 0.697 bits per heavy atom. The zero-order chi connectivity index (χ0) is 79.9. The fourth-order valence-electron chi connectivity index (χ4n) is 14.1. The lowest BCUT2D eigenvalue weighted by atomic mass is 9.99. The Kier molecular flexibility index (Phi) is 79.8. The summed E-state index contributed by atoms with van der Waals surface area (Å²) < 4.78 is 69.0. The lowest BCUT2D eigenvalue weighted by Gasteiger charge is -2.21. The highest BCUT2D eigenvalue weighted by molar-refractivity contribution is 7.47. The van der Waals surface area contributed by atoms with E-state index in [9.17, 15) is 43.2 Å². The molecule has 0 spiro atoms. The fraction of sp³-hybridized carbons (Fsp3) is 0.956. The van der Waals surface area contributed by atoms with Crippen molar-refractivity contribution >= 4 is 39.5 Å². The maximum absolute atomic E-state index is 13.2. The van der Waals surface area contributed by atoms with Gasteiger partial charge in [0.1, 0.15) is 19.3 Å². The maximum atomic E-state index is 13.2. The largest absolute Gasteiger partial charge is 0.472 e. The van der Waals surface area contributed by atoms with Gasteiger partial charge in [-0.3, -0.25) is 37.3 Å². The molecule has 109 heavy (non-hydrogen) atoms. The third-order valence-corrected chi connectivity index (χ3v) is 23.5. The number of aliphatic hydroxyl groups is 1. The fourth-order valence-corrected chi connectivity index (χ4v) is 15.7. The van der Waals surface area contributed by atoms with Gasteiger partial charge >= 0.3 is 39.5 Å². The molecule has 0 fully saturated rings. The average molecular weight is 1590 g/mol. The van der Waals surface area contributed by atoms with Crippen molar-refractivity contribution < 1.29 is 80.2 Å². The number of hydrogen-bond acceptors (Lipinski definition) is 15. The molecule has 0 aliphatic rings. The first kappa shape index (κ1) is 107. The Balaban J connectivity index is 5.22. The second kappa shape index (κ2) is 81.2. The van der Waals surface area contributed by atoms with Crippen LogP contribution < -0.4 is 0 Å². The standard InChI is InChI=1S/C90H176O17P2/c1-7-10-12-14-16-18-20-22-24-26-27-28-33-36-40-44-48-54-60-66-72-87(92)100-78-85(106-89(94)74-69-63-56-50-46-42-38-34-30-29-32-35-39-43-47-53-59-65-71-83(6)9-3)80-104-108(96,97)102-76-84(91)77-103-109(98,99)105-81-86(79-101-88(93)73-67-61-57-51-52-58-64-70-82(4)5)107-90(95)75-68-62-55-49-45-41-37-31-25-23-21-19-17-15-13-11-8-2/h82-86,91H,7-81H2,1-6H3,(H,96,97)(H,98,99)/t83?,84-,85-,86-/m1/s1. The molecule has 19 heteroatoms. The summed E-state index contributed by atoms with van der Waals surface area (Å²) >= 11 is 0. The molecular formula is C90H176O17P2. The van der Waals surface area contributed by atoms with Gasteiger partial charge in [-0.05, 0) is 37.5 Å². The van der Waals surface area contributed by atoms with Crippen molar-refractivity contribution in [2.24, 2.45) is 11.8 Å². The maximum Gasteiger partial charge on any atom is 0.472 e. The van der Waals surface area contributed by atoms with Gasteiger partial charge in [0.15, 0.2) is 12.2 Å². The van der Waals surface area contributed by atoms with E-state index >= 15 is 0 Å². The summed E-state index contributed by atoms with van der Waals surface area (Å²) in [6.45, 7) is 9.71. The van der Waals surface area contributed by atoms with Gasteiger partial charge < -0.3 is 33.8 Å². The van der Waals surface area contributed by atoms with Gasteiger partial charge in [-0.1, -0.05) is 433 Å². The number of hydrogen-bond donors (Lipinski definition) is 3. The van der Waals surface area contributed by atoms with Crippen molar-refractivity contribution in [3.63, 3.8) is 0 Å². The highest BCUT2D eigenvalue weighted by atomic mass is 31.2. The summed E-state index contributed by atoms with van der Waals surface area (Å²) in [5.74, 6) is -0.523. The molecule has 0 radical (unpaired) electrons. The second-order valence-electron chi connectivity index (χ2n) is 33.1. The Labute approximate surface area is 670 Å². The SMILES string of the molecule is CCCCCCCCCCCCCCCCCCCCCCC(=O)OC[C@H](COP(=O)(O)OC[C@@H](O)COP(=O)(O)OC[C@@H](COC(=O)CCCCCCCCCC(C)C)OC(=O)CCCCCCCCCCCCCCCCCCC)OC(=O)CCCCCCCCCCCCCCCCCCCCC(C)CC. The lowest BCUT2D eigenvalue weighted by Crippen LogP contribution is -2.30.